The molecule has 0 amide bonds. The van der Waals surface area contributed by atoms with E-state index in [0.29, 0.717) is 12.8 Å². The summed E-state index contributed by atoms with van der Waals surface area (Å²) in [5.74, 6) is -0.375. The fraction of sp³-hybridized carbons (Fsp3) is 0.955. The maximum absolute atomic E-state index is 13.0. The third-order valence-corrected chi connectivity index (χ3v) is 7.35. The second kappa shape index (κ2) is 12.3. The first-order valence-corrected chi connectivity index (χ1v) is 11.9. The Bertz CT molecular complexity index is 550. The van der Waals surface area contributed by atoms with Crippen LogP contribution in [0.3, 0.4) is 0 Å². The van der Waals surface area contributed by atoms with Crippen molar-refractivity contribution < 1.29 is 13.2 Å². The van der Waals surface area contributed by atoms with Gasteiger partial charge in [0.15, 0.2) is 5.96 Å². The van der Waals surface area contributed by atoms with Gasteiger partial charge in [-0.3, -0.25) is 9.89 Å². The molecule has 3 rings (SSSR count). The van der Waals surface area contributed by atoms with Crippen LogP contribution in [0, 0.1) is 5.92 Å². The maximum atomic E-state index is 13.0. The average molecular weight is 560 g/mol. The predicted octanol–water partition coefficient (Wildman–Crippen LogP) is 4.23. The smallest absolute Gasteiger partial charge is 0.357 e. The van der Waals surface area contributed by atoms with Crippen molar-refractivity contribution in [3.05, 3.63) is 0 Å². The van der Waals surface area contributed by atoms with E-state index in [0.717, 1.165) is 58.1 Å². The maximum Gasteiger partial charge on any atom is 0.391 e. The van der Waals surface area contributed by atoms with Gasteiger partial charge >= 0.3 is 6.18 Å². The molecule has 0 unspecified atom stereocenters. The van der Waals surface area contributed by atoms with Crippen molar-refractivity contribution in [1.82, 2.24) is 20.4 Å². The summed E-state index contributed by atoms with van der Waals surface area (Å²) in [6, 6.07) is 0.0739. The molecule has 31 heavy (non-hydrogen) atoms. The Morgan fingerprint density at radius 2 is 1.61 bits per heavy atom. The van der Waals surface area contributed by atoms with E-state index in [2.05, 4.69) is 27.5 Å². The van der Waals surface area contributed by atoms with Gasteiger partial charge in [0.05, 0.1) is 12.5 Å². The SMILES string of the molecule is CCNC(=NCC1(N2CCCCC2)CCN(C)CC1)NC1CCC(C(F)(F)F)CC1.I. The van der Waals surface area contributed by atoms with Crippen molar-refractivity contribution in [2.24, 2.45) is 10.9 Å². The molecule has 0 aromatic rings. The highest BCUT2D eigenvalue weighted by Gasteiger charge is 2.42. The highest BCUT2D eigenvalue weighted by Crippen LogP contribution is 2.37. The number of likely N-dealkylation sites (tertiary alicyclic amines) is 2. The number of nitrogens with zero attached hydrogens (tertiary/aromatic N) is 3. The third-order valence-electron chi connectivity index (χ3n) is 7.35. The molecule has 3 aliphatic rings. The van der Waals surface area contributed by atoms with Gasteiger partial charge in [0.25, 0.3) is 0 Å². The van der Waals surface area contributed by atoms with Crippen molar-refractivity contribution in [3.8, 4) is 0 Å². The minimum absolute atomic E-state index is 0. The molecule has 1 aliphatic carbocycles. The lowest BCUT2D eigenvalue weighted by molar-refractivity contribution is -0.182. The van der Waals surface area contributed by atoms with Crippen LogP contribution in [0.25, 0.3) is 0 Å². The molecule has 3 fully saturated rings. The number of halogens is 4. The molecule has 2 aliphatic heterocycles. The van der Waals surface area contributed by atoms with Crippen LogP contribution in [0.2, 0.25) is 0 Å². The Balaban J connectivity index is 0.00000341. The summed E-state index contributed by atoms with van der Waals surface area (Å²) in [6.07, 6.45) is 3.58. The van der Waals surface area contributed by atoms with E-state index in [-0.39, 0.29) is 48.4 Å². The van der Waals surface area contributed by atoms with Gasteiger partial charge in [-0.15, -0.1) is 24.0 Å². The second-order valence-corrected chi connectivity index (χ2v) is 9.50. The Labute approximate surface area is 203 Å². The lowest BCUT2D eigenvalue weighted by atomic mass is 9.84. The second-order valence-electron chi connectivity index (χ2n) is 9.50. The standard InChI is InChI=1S/C22H40F3N5.HI/c1-3-26-20(28-19-9-7-18(8-10-19)22(23,24)25)27-17-21(11-15-29(2)16-12-21)30-13-5-4-6-14-30;/h18-19H,3-17H2,1-2H3,(H2,26,27,28);1H. The molecule has 2 N–H and O–H groups in total. The molecule has 9 heteroatoms. The van der Waals surface area contributed by atoms with Gasteiger partial charge in [0.2, 0.25) is 0 Å². The minimum Gasteiger partial charge on any atom is -0.357 e. The normalized spacial score (nSPS) is 28.6. The van der Waals surface area contributed by atoms with Crippen LogP contribution in [-0.2, 0) is 0 Å². The molecule has 0 bridgehead atoms. The summed E-state index contributed by atoms with van der Waals surface area (Å²) >= 11 is 0. The zero-order chi connectivity index (χ0) is 21.6. The van der Waals surface area contributed by atoms with E-state index in [4.69, 9.17) is 4.99 Å². The van der Waals surface area contributed by atoms with Gasteiger partial charge in [-0.25, -0.2) is 0 Å². The first-order valence-electron chi connectivity index (χ1n) is 11.9. The minimum atomic E-state index is -4.06. The van der Waals surface area contributed by atoms with Crippen LogP contribution in [0.4, 0.5) is 13.2 Å². The van der Waals surface area contributed by atoms with Crippen molar-refractivity contribution >= 4 is 29.9 Å². The summed E-state index contributed by atoms with van der Waals surface area (Å²) < 4.78 is 38.9. The lowest BCUT2D eigenvalue weighted by Gasteiger charge is -2.49. The molecule has 1 saturated carbocycles. The molecule has 0 aromatic heterocycles. The van der Waals surface area contributed by atoms with Crippen LogP contribution in [-0.4, -0.2) is 79.8 Å². The van der Waals surface area contributed by atoms with E-state index in [1.54, 1.807) is 0 Å². The van der Waals surface area contributed by atoms with Gasteiger partial charge in [0.1, 0.15) is 0 Å². The van der Waals surface area contributed by atoms with E-state index >= 15 is 0 Å². The number of hydrogen-bond acceptors (Lipinski definition) is 3. The van der Waals surface area contributed by atoms with Gasteiger partial charge in [-0.1, -0.05) is 6.42 Å². The van der Waals surface area contributed by atoms with Gasteiger partial charge in [-0.2, -0.15) is 13.2 Å². The molecular formula is C22H41F3IN5. The molecule has 0 spiro atoms. The number of alkyl halides is 3. The zero-order valence-electron chi connectivity index (χ0n) is 19.1. The van der Waals surface area contributed by atoms with E-state index in [1.165, 1.54) is 19.3 Å². The van der Waals surface area contributed by atoms with Gasteiger partial charge in [-0.05, 0) is 91.5 Å². The Kier molecular flexibility index (Phi) is 10.7. The first-order chi connectivity index (χ1) is 14.3. The summed E-state index contributed by atoms with van der Waals surface area (Å²) in [7, 11) is 2.19. The summed E-state index contributed by atoms with van der Waals surface area (Å²) in [4.78, 5) is 10.1. The Morgan fingerprint density at radius 3 is 2.16 bits per heavy atom. The number of nitrogens with one attached hydrogen (secondary N) is 2. The van der Waals surface area contributed by atoms with E-state index in [1.807, 2.05) is 6.92 Å². The van der Waals surface area contributed by atoms with Crippen molar-refractivity contribution in [3.63, 3.8) is 0 Å². The van der Waals surface area contributed by atoms with Crippen LogP contribution in [0.15, 0.2) is 4.99 Å². The molecule has 0 aromatic carbocycles. The number of rotatable bonds is 5. The highest BCUT2D eigenvalue weighted by atomic mass is 127. The van der Waals surface area contributed by atoms with E-state index < -0.39 is 12.1 Å². The summed E-state index contributed by atoms with van der Waals surface area (Å²) in [6.45, 7) is 8.05. The number of hydrogen-bond donors (Lipinski definition) is 2. The fourth-order valence-corrected chi connectivity index (χ4v) is 5.28. The topological polar surface area (TPSA) is 42.9 Å². The first kappa shape index (κ1) is 27.0. The highest BCUT2D eigenvalue weighted by molar-refractivity contribution is 14.0. The summed E-state index contributed by atoms with van der Waals surface area (Å²) in [5, 5.41) is 6.77. The van der Waals surface area contributed by atoms with Crippen LogP contribution >= 0.6 is 24.0 Å². The third kappa shape index (κ3) is 7.62. The van der Waals surface area contributed by atoms with Crippen LogP contribution in [0.5, 0.6) is 0 Å². The molecule has 2 saturated heterocycles. The van der Waals surface area contributed by atoms with Crippen LogP contribution < -0.4 is 10.6 Å². The molecular weight excluding hydrogens is 518 g/mol. The number of guanidine groups is 1. The zero-order valence-corrected chi connectivity index (χ0v) is 21.5. The molecule has 2 heterocycles. The molecule has 0 atom stereocenters. The summed E-state index contributed by atoms with van der Waals surface area (Å²) in [5.41, 5.74) is 0.114. The largest absolute Gasteiger partial charge is 0.391 e. The molecule has 0 radical (unpaired) electrons. The monoisotopic (exact) mass is 559 g/mol. The quantitative estimate of drug-likeness (QED) is 0.301. The van der Waals surface area contributed by atoms with Crippen molar-refractivity contribution in [2.45, 2.75) is 82.5 Å². The van der Waals surface area contributed by atoms with Crippen molar-refractivity contribution in [1.29, 1.82) is 0 Å². The molecule has 5 nitrogen and oxygen atoms in total. The Hall–Kier alpha value is -0.290. The number of piperidine rings is 2. The van der Waals surface area contributed by atoms with Crippen molar-refractivity contribution in [2.75, 3.05) is 46.3 Å². The number of aliphatic imine (C=N–C) groups is 1. The van der Waals surface area contributed by atoms with Gasteiger partial charge < -0.3 is 15.5 Å². The predicted molar refractivity (Wildman–Crippen MR) is 131 cm³/mol. The fourth-order valence-electron chi connectivity index (χ4n) is 5.28. The van der Waals surface area contributed by atoms with Crippen LogP contribution in [0.1, 0.15) is 64.7 Å². The lowest BCUT2D eigenvalue weighted by Crippen LogP contribution is -2.58. The molecule has 182 valence electrons. The Morgan fingerprint density at radius 1 is 1.00 bits per heavy atom. The van der Waals surface area contributed by atoms with E-state index in [9.17, 15) is 13.2 Å². The van der Waals surface area contributed by atoms with Gasteiger partial charge in [0, 0.05) is 18.1 Å². The average Bonchev–Trinajstić information content (AvgIpc) is 2.74.